The SMILES string of the molecule is CC/C=C\C/C=C\C/C=C\C/C=C\CCCCC(=O)O[C@H](COC(=O)CCC/C=C\C/C=C\C/C=C\C/C=C\CCCCC)COP(=O)(O)O. The van der Waals surface area contributed by atoms with Crippen molar-refractivity contribution in [3.63, 3.8) is 0 Å². The van der Waals surface area contributed by atoms with Gasteiger partial charge in [0.2, 0.25) is 0 Å². The molecule has 0 rings (SSSR count). The first-order valence-electron chi connectivity index (χ1n) is 18.5. The van der Waals surface area contributed by atoms with Crippen LogP contribution in [0.1, 0.15) is 129 Å². The lowest BCUT2D eigenvalue weighted by Gasteiger charge is -2.18. The molecule has 8 nitrogen and oxygen atoms in total. The topological polar surface area (TPSA) is 119 Å². The summed E-state index contributed by atoms with van der Waals surface area (Å²) in [5.41, 5.74) is 0. The molecule has 0 bridgehead atoms. The highest BCUT2D eigenvalue weighted by atomic mass is 31.2. The first-order valence-corrected chi connectivity index (χ1v) is 20.1. The lowest BCUT2D eigenvalue weighted by Crippen LogP contribution is -2.29. The van der Waals surface area contributed by atoms with Gasteiger partial charge in [-0.15, -0.1) is 0 Å². The molecule has 0 aliphatic rings. The summed E-state index contributed by atoms with van der Waals surface area (Å²) < 4.78 is 26.2. The van der Waals surface area contributed by atoms with E-state index in [1.807, 2.05) is 6.08 Å². The van der Waals surface area contributed by atoms with Crippen molar-refractivity contribution in [2.75, 3.05) is 13.2 Å². The minimum Gasteiger partial charge on any atom is -0.462 e. The molecule has 0 heterocycles. The minimum atomic E-state index is -4.78. The molecule has 0 aliphatic heterocycles. The van der Waals surface area contributed by atoms with Gasteiger partial charge in [0.25, 0.3) is 0 Å². The molecule has 9 heteroatoms. The summed E-state index contributed by atoms with van der Waals surface area (Å²) >= 11 is 0. The van der Waals surface area contributed by atoms with Crippen LogP contribution in [-0.2, 0) is 28.2 Å². The number of ether oxygens (including phenoxy) is 2. The second-order valence-electron chi connectivity index (χ2n) is 11.8. The normalized spacial score (nSPS) is 13.6. The molecule has 50 heavy (non-hydrogen) atoms. The Morgan fingerprint density at radius 3 is 1.42 bits per heavy atom. The van der Waals surface area contributed by atoms with Crippen LogP contribution in [0.15, 0.2) is 97.2 Å². The molecule has 0 aromatic carbocycles. The zero-order chi connectivity index (χ0) is 36.8. The summed E-state index contributed by atoms with van der Waals surface area (Å²) in [5, 5.41) is 0. The van der Waals surface area contributed by atoms with Crippen LogP contribution in [0.5, 0.6) is 0 Å². The first kappa shape index (κ1) is 47.0. The molecular weight excluding hydrogens is 651 g/mol. The largest absolute Gasteiger partial charge is 0.469 e. The number of esters is 2. The Bertz CT molecular complexity index is 1120. The molecule has 0 saturated heterocycles. The van der Waals surface area contributed by atoms with Crippen molar-refractivity contribution in [1.29, 1.82) is 0 Å². The minimum absolute atomic E-state index is 0.142. The van der Waals surface area contributed by atoms with Gasteiger partial charge in [0.05, 0.1) is 6.61 Å². The maximum Gasteiger partial charge on any atom is 0.469 e. The molecule has 0 spiro atoms. The predicted molar refractivity (Wildman–Crippen MR) is 206 cm³/mol. The fourth-order valence-corrected chi connectivity index (χ4v) is 4.71. The number of unbranched alkanes of at least 4 members (excludes halogenated alkanes) is 6. The third-order valence-corrected chi connectivity index (χ3v) is 7.57. The van der Waals surface area contributed by atoms with Crippen LogP contribution in [0.4, 0.5) is 0 Å². The summed E-state index contributed by atoms with van der Waals surface area (Å²) in [5.74, 6) is -1.01. The van der Waals surface area contributed by atoms with E-state index in [1.165, 1.54) is 25.7 Å². The number of rotatable bonds is 32. The van der Waals surface area contributed by atoms with E-state index in [0.29, 0.717) is 19.3 Å². The zero-order valence-corrected chi connectivity index (χ0v) is 31.6. The summed E-state index contributed by atoms with van der Waals surface area (Å²) in [6.07, 6.45) is 48.5. The molecule has 1 atom stereocenters. The molecule has 0 amide bonds. The van der Waals surface area contributed by atoms with Crippen LogP contribution in [0.25, 0.3) is 0 Å². The number of hydrogen-bond acceptors (Lipinski definition) is 6. The smallest absolute Gasteiger partial charge is 0.462 e. The molecule has 0 fully saturated rings. The number of carbonyl (C=O) groups excluding carboxylic acids is 2. The van der Waals surface area contributed by atoms with Crippen molar-refractivity contribution in [2.45, 2.75) is 136 Å². The van der Waals surface area contributed by atoms with Crippen molar-refractivity contribution in [2.24, 2.45) is 0 Å². The predicted octanol–water partition coefficient (Wildman–Crippen LogP) is 11.1. The van der Waals surface area contributed by atoms with Gasteiger partial charge in [0, 0.05) is 12.8 Å². The van der Waals surface area contributed by atoms with Crippen molar-refractivity contribution in [1.82, 2.24) is 0 Å². The van der Waals surface area contributed by atoms with Gasteiger partial charge in [-0.3, -0.25) is 14.1 Å². The van der Waals surface area contributed by atoms with E-state index in [9.17, 15) is 14.2 Å². The van der Waals surface area contributed by atoms with E-state index < -0.39 is 32.5 Å². The molecule has 0 aliphatic carbocycles. The second-order valence-corrected chi connectivity index (χ2v) is 13.0. The fraction of sp³-hybridized carbons (Fsp3) is 0.561. The van der Waals surface area contributed by atoms with Gasteiger partial charge in [0.1, 0.15) is 6.61 Å². The highest BCUT2D eigenvalue weighted by Crippen LogP contribution is 2.35. The third kappa shape index (κ3) is 37.8. The van der Waals surface area contributed by atoms with Crippen LogP contribution >= 0.6 is 7.82 Å². The number of allylic oxidation sites excluding steroid dienone is 16. The average molecular weight is 717 g/mol. The zero-order valence-electron chi connectivity index (χ0n) is 30.7. The van der Waals surface area contributed by atoms with Crippen LogP contribution in [-0.4, -0.2) is 41.0 Å². The average Bonchev–Trinajstić information content (AvgIpc) is 3.08. The van der Waals surface area contributed by atoms with E-state index in [0.717, 1.165) is 57.8 Å². The molecule has 0 aromatic rings. The molecular formula is C41H65O8P. The van der Waals surface area contributed by atoms with E-state index in [2.05, 4.69) is 110 Å². The van der Waals surface area contributed by atoms with Crippen molar-refractivity contribution in [3.8, 4) is 0 Å². The second kappa shape index (κ2) is 35.8. The Labute approximate surface area is 303 Å². The van der Waals surface area contributed by atoms with E-state index >= 15 is 0 Å². The van der Waals surface area contributed by atoms with Gasteiger partial charge < -0.3 is 19.3 Å². The molecule has 282 valence electrons. The van der Waals surface area contributed by atoms with Crippen molar-refractivity contribution in [3.05, 3.63) is 97.2 Å². The van der Waals surface area contributed by atoms with E-state index in [1.54, 1.807) is 0 Å². The molecule has 0 saturated carbocycles. The summed E-state index contributed by atoms with van der Waals surface area (Å²) in [7, 11) is -4.78. The Morgan fingerprint density at radius 1 is 0.540 bits per heavy atom. The maximum absolute atomic E-state index is 12.3. The quantitative estimate of drug-likeness (QED) is 0.0305. The van der Waals surface area contributed by atoms with Crippen LogP contribution < -0.4 is 0 Å². The number of hydrogen-bond donors (Lipinski definition) is 2. The first-order chi connectivity index (χ1) is 24.3. The van der Waals surface area contributed by atoms with Crippen molar-refractivity contribution >= 4 is 19.8 Å². The molecule has 0 unspecified atom stereocenters. The Kier molecular flexibility index (Phi) is 33.6. The molecule has 2 N–H and O–H groups in total. The standard InChI is InChI=1S/C41H65O8P/c1-3-5-7-9-11-13-15-17-19-20-22-23-25-27-29-31-33-35-40(42)47-37-39(38-48-50(44,45)46)49-41(43)36-34-32-30-28-26-24-21-18-16-14-12-10-8-6-4-2/h6,8,11-14,17-19,21-23,26-29,39H,3-5,7,9-10,15-16,20,24-25,30-38H2,1-2H3,(H2,44,45,46)/b8-6-,13-11-,14-12-,19-17-,21-18-,23-22-,28-26-,29-27-/t39-/m1/s1. The number of phosphoric ester groups is 1. The third-order valence-electron chi connectivity index (χ3n) is 7.09. The Balaban J connectivity index is 4.18. The van der Waals surface area contributed by atoms with Crippen molar-refractivity contribution < 1.29 is 37.9 Å². The summed E-state index contributed by atoms with van der Waals surface area (Å²) in [6.45, 7) is 3.43. The molecule has 0 radical (unpaired) electrons. The van der Waals surface area contributed by atoms with Crippen LogP contribution in [0.3, 0.4) is 0 Å². The maximum atomic E-state index is 12.3. The van der Waals surface area contributed by atoms with Gasteiger partial charge in [-0.2, -0.15) is 0 Å². The van der Waals surface area contributed by atoms with Crippen LogP contribution in [0, 0.1) is 0 Å². The highest BCUT2D eigenvalue weighted by Gasteiger charge is 2.22. The number of carbonyl (C=O) groups is 2. The lowest BCUT2D eigenvalue weighted by molar-refractivity contribution is -0.161. The number of phosphoric acid groups is 1. The summed E-state index contributed by atoms with van der Waals surface area (Å²) in [4.78, 5) is 42.6. The van der Waals surface area contributed by atoms with Crippen LogP contribution in [0.2, 0.25) is 0 Å². The van der Waals surface area contributed by atoms with Gasteiger partial charge in [-0.05, 0) is 89.9 Å². The van der Waals surface area contributed by atoms with E-state index in [-0.39, 0.29) is 19.4 Å². The van der Waals surface area contributed by atoms with Gasteiger partial charge in [-0.1, -0.05) is 124 Å². The Morgan fingerprint density at radius 2 is 0.960 bits per heavy atom. The molecule has 0 aromatic heterocycles. The van der Waals surface area contributed by atoms with Gasteiger partial charge in [0.15, 0.2) is 6.10 Å². The Hall–Kier alpha value is -3.03. The summed E-state index contributed by atoms with van der Waals surface area (Å²) in [6, 6.07) is 0. The highest BCUT2D eigenvalue weighted by molar-refractivity contribution is 7.46. The fourth-order valence-electron chi connectivity index (χ4n) is 4.35. The lowest BCUT2D eigenvalue weighted by atomic mass is 10.2. The van der Waals surface area contributed by atoms with Gasteiger partial charge >= 0.3 is 19.8 Å². The van der Waals surface area contributed by atoms with E-state index in [4.69, 9.17) is 19.3 Å². The monoisotopic (exact) mass is 716 g/mol. The van der Waals surface area contributed by atoms with Gasteiger partial charge in [-0.25, -0.2) is 4.57 Å².